The minimum absolute atomic E-state index is 0.588. The molecule has 0 spiro atoms. The average Bonchev–Trinajstić information content (AvgIpc) is 3.08. The Morgan fingerprint density at radius 3 is 0.938 bits per heavy atom. The first-order chi connectivity index (χ1) is 23.5. The Morgan fingerprint density at radius 2 is 0.625 bits per heavy atom. The third-order valence-corrected chi connectivity index (χ3v) is 22.0. The first-order valence-electron chi connectivity index (χ1n) is 15.6. The molecule has 0 aliphatic carbocycles. The van der Waals surface area contributed by atoms with E-state index >= 15 is 0 Å². The van der Waals surface area contributed by atoms with Crippen molar-refractivity contribution in [3.63, 3.8) is 0 Å². The SMILES string of the molecule is SCCCSCC(CSCCCS)SCCCS.SCCSCC(CSCCS)SCCS.SCSC(CC(SCS)SCS)SCS. The summed E-state index contributed by atoms with van der Waals surface area (Å²) in [5.41, 5.74) is 0. The van der Waals surface area contributed by atoms with Crippen molar-refractivity contribution in [3.8, 4) is 0 Å². The molecule has 0 saturated heterocycles. The van der Waals surface area contributed by atoms with Gasteiger partial charge in [-0.1, -0.05) is 0 Å². The first kappa shape index (κ1) is 59.3. The van der Waals surface area contributed by atoms with Crippen molar-refractivity contribution in [2.75, 3.05) is 112 Å². The second-order valence-electron chi connectivity index (χ2n) is 8.97. The van der Waals surface area contributed by atoms with E-state index in [2.05, 4.69) is 173 Å². The second kappa shape index (κ2) is 54.0. The summed E-state index contributed by atoms with van der Waals surface area (Å²) in [7, 11) is 0. The Labute approximate surface area is 395 Å². The van der Waals surface area contributed by atoms with Gasteiger partial charge in [-0.15, -0.1) is 47.0 Å². The summed E-state index contributed by atoms with van der Waals surface area (Å²) in [6.07, 6.45) is 4.85. The highest BCUT2D eigenvalue weighted by Crippen LogP contribution is 2.37. The molecule has 0 amide bonds. The highest BCUT2D eigenvalue weighted by molar-refractivity contribution is 8.24. The van der Waals surface area contributed by atoms with Gasteiger partial charge in [-0.05, 0) is 77.5 Å². The summed E-state index contributed by atoms with van der Waals surface area (Å²) < 4.78 is 1.18. The Kier molecular flexibility index (Phi) is 66.7. The Balaban J connectivity index is -0.000000637. The van der Waals surface area contributed by atoms with Crippen LogP contribution < -0.4 is 0 Å². The molecule has 294 valence electrons. The molecule has 20 heteroatoms. The largest absolute Gasteiger partial charge is 0.179 e. The van der Waals surface area contributed by atoms with Crippen molar-refractivity contribution in [1.82, 2.24) is 0 Å². The summed E-state index contributed by atoms with van der Waals surface area (Å²) in [4.78, 5) is 0. The monoisotopic (exact) mass is 1040 g/mol. The smallest absolute Gasteiger partial charge is 0.0537 e. The predicted molar refractivity (Wildman–Crippen MR) is 297 cm³/mol. The maximum atomic E-state index is 4.28. The van der Waals surface area contributed by atoms with Crippen LogP contribution in [-0.2, 0) is 0 Å². The van der Waals surface area contributed by atoms with Crippen LogP contribution in [0.2, 0.25) is 0 Å². The van der Waals surface area contributed by atoms with E-state index in [0.717, 1.165) is 89.0 Å². The molecule has 0 N–H and O–H groups in total. The van der Waals surface area contributed by atoms with Gasteiger partial charge in [-0.2, -0.15) is 197 Å². The van der Waals surface area contributed by atoms with Crippen LogP contribution in [0.3, 0.4) is 0 Å². The van der Waals surface area contributed by atoms with Gasteiger partial charge in [-0.3, -0.25) is 0 Å². The van der Waals surface area contributed by atoms with Gasteiger partial charge in [0.1, 0.15) is 0 Å². The molecule has 0 heterocycles. The molecule has 0 aromatic heterocycles. The Hall–Kier alpha value is 7.00. The minimum atomic E-state index is 0.588. The normalized spacial score (nSPS) is 11.4. The number of rotatable bonds is 35. The van der Waals surface area contributed by atoms with Crippen molar-refractivity contribution in [1.29, 1.82) is 0 Å². The van der Waals surface area contributed by atoms with Crippen molar-refractivity contribution < 1.29 is 0 Å². The predicted octanol–water partition coefficient (Wildman–Crippen LogP) is 12.4. The Bertz CT molecular complexity index is 507. The molecule has 0 fully saturated rings. The average molecular weight is 1040 g/mol. The zero-order chi connectivity index (χ0) is 36.4. The molecule has 0 aliphatic heterocycles. The molecule has 0 radical (unpaired) electrons. The lowest BCUT2D eigenvalue weighted by atomic mass is 10.5. The molecule has 48 heavy (non-hydrogen) atoms. The highest BCUT2D eigenvalue weighted by atomic mass is 32.2. The molecule has 0 saturated carbocycles. The van der Waals surface area contributed by atoms with Crippen LogP contribution >= 0.6 is 244 Å². The van der Waals surface area contributed by atoms with Gasteiger partial charge in [0.25, 0.3) is 0 Å². The zero-order valence-corrected chi connectivity index (χ0v) is 44.9. The third kappa shape index (κ3) is 49.1. The summed E-state index contributed by atoms with van der Waals surface area (Å²) in [6.45, 7) is 0. The molecule has 0 unspecified atom stereocenters. The van der Waals surface area contributed by atoms with Crippen LogP contribution in [-0.4, -0.2) is 132 Å². The van der Waals surface area contributed by atoms with Crippen LogP contribution in [0.15, 0.2) is 0 Å². The number of hydrogen-bond donors (Lipinski definition) is 10. The van der Waals surface area contributed by atoms with E-state index in [4.69, 9.17) is 0 Å². The van der Waals surface area contributed by atoms with Crippen LogP contribution in [0.4, 0.5) is 0 Å². The van der Waals surface area contributed by atoms with Gasteiger partial charge in [0.2, 0.25) is 0 Å². The van der Waals surface area contributed by atoms with Gasteiger partial charge in [0.05, 0.1) is 9.16 Å². The maximum absolute atomic E-state index is 4.28. The number of thioether (sulfide) groups is 10. The molecule has 0 aliphatic rings. The highest BCUT2D eigenvalue weighted by Gasteiger charge is 2.17. The summed E-state index contributed by atoms with van der Waals surface area (Å²) >= 11 is 62.5. The molecule has 0 atom stereocenters. The lowest BCUT2D eigenvalue weighted by Crippen LogP contribution is -2.12. The summed E-state index contributed by atoms with van der Waals surface area (Å²) in [5.74, 6) is 18.3. The van der Waals surface area contributed by atoms with Gasteiger partial charge >= 0.3 is 0 Å². The maximum Gasteiger partial charge on any atom is 0.0537 e. The lowest BCUT2D eigenvalue weighted by molar-refractivity contribution is 1.03. The molecule has 0 bridgehead atoms. The van der Waals surface area contributed by atoms with E-state index in [0.29, 0.717) is 9.16 Å². The molecular weight excluding hydrogens is 978 g/mol. The van der Waals surface area contributed by atoms with Crippen molar-refractivity contribution in [2.45, 2.75) is 45.3 Å². The Morgan fingerprint density at radius 1 is 0.312 bits per heavy atom. The second-order valence-corrected chi connectivity index (χ2v) is 27.4. The molecular formula is C28H62S20. The van der Waals surface area contributed by atoms with Gasteiger partial charge in [-0.25, -0.2) is 0 Å². The van der Waals surface area contributed by atoms with Crippen molar-refractivity contribution in [2.24, 2.45) is 0 Å². The van der Waals surface area contributed by atoms with E-state index in [-0.39, 0.29) is 0 Å². The minimum Gasteiger partial charge on any atom is -0.179 e. The first-order valence-corrected chi connectivity index (χ1v) is 32.8. The van der Waals surface area contributed by atoms with Crippen LogP contribution in [0.1, 0.15) is 25.7 Å². The van der Waals surface area contributed by atoms with Crippen LogP contribution in [0, 0.1) is 0 Å². The lowest BCUT2D eigenvalue weighted by Gasteiger charge is -2.20. The summed E-state index contributed by atoms with van der Waals surface area (Å²) in [5, 5.41) is 5.06. The third-order valence-electron chi connectivity index (χ3n) is 5.11. The van der Waals surface area contributed by atoms with E-state index in [1.165, 1.54) is 59.5 Å². The zero-order valence-electron chi connectivity index (χ0n) is 27.8. The fourth-order valence-electron chi connectivity index (χ4n) is 3.00. The molecule has 0 aromatic rings. The van der Waals surface area contributed by atoms with Crippen molar-refractivity contribution >= 4 is 244 Å². The standard InChI is InChI=1S/C12H26S6.C9H20S6.C7H16S8/c13-4-1-7-16-10-12(18-9-3-6-15)11-17-8-2-5-14;10-1-4-13-7-9(15-6-3-12)8-14-5-2-11;8-2-12-6(13-3-9)1-7(14-4-10)15-5-11/h12-15H,1-11H2;9-12H,1-8H2;6-11H,1-5H2. The quantitative estimate of drug-likeness (QED) is 0.0169. The molecule has 0 rings (SSSR count). The summed E-state index contributed by atoms with van der Waals surface area (Å²) in [6, 6.07) is 0. The van der Waals surface area contributed by atoms with E-state index in [9.17, 15) is 0 Å². The topological polar surface area (TPSA) is 0 Å². The number of thiol groups is 10. The van der Waals surface area contributed by atoms with Gasteiger partial charge in [0.15, 0.2) is 0 Å². The molecule has 0 nitrogen and oxygen atoms in total. The fourth-order valence-corrected chi connectivity index (χ4v) is 19.9. The van der Waals surface area contributed by atoms with Gasteiger partial charge in [0, 0.05) is 71.1 Å². The van der Waals surface area contributed by atoms with Crippen LogP contribution in [0.25, 0.3) is 0 Å². The van der Waals surface area contributed by atoms with E-state index < -0.39 is 0 Å². The molecule has 0 aromatic carbocycles. The fraction of sp³-hybridized carbons (Fsp3) is 1.00. The van der Waals surface area contributed by atoms with Crippen molar-refractivity contribution in [3.05, 3.63) is 0 Å². The number of hydrogen-bond acceptors (Lipinski definition) is 20. The van der Waals surface area contributed by atoms with Gasteiger partial charge < -0.3 is 0 Å². The van der Waals surface area contributed by atoms with E-state index in [1.807, 2.05) is 70.6 Å². The van der Waals surface area contributed by atoms with E-state index in [1.54, 1.807) is 0 Å². The van der Waals surface area contributed by atoms with Crippen LogP contribution in [0.5, 0.6) is 0 Å².